The third-order valence-electron chi connectivity index (χ3n) is 3.69. The van der Waals surface area contributed by atoms with Crippen LogP contribution in [0.25, 0.3) is 0 Å². The monoisotopic (exact) mass is 386 g/mol. The molecule has 1 aliphatic rings. The van der Waals surface area contributed by atoms with Gasteiger partial charge in [0.1, 0.15) is 0 Å². The summed E-state index contributed by atoms with van der Waals surface area (Å²) < 4.78 is 0. The Kier molecular flexibility index (Phi) is 6.08. The van der Waals surface area contributed by atoms with Gasteiger partial charge in [0, 0.05) is 17.9 Å². The fourth-order valence-corrected chi connectivity index (χ4v) is 3.63. The molecule has 0 bridgehead atoms. The number of carbonyl (C=O) groups is 2. The lowest BCUT2D eigenvalue weighted by Crippen LogP contribution is -2.47. The second-order valence-corrected chi connectivity index (χ2v) is 7.29. The summed E-state index contributed by atoms with van der Waals surface area (Å²) >= 11 is 6.52. The Morgan fingerprint density at radius 3 is 2.62 bits per heavy atom. The molecule has 6 nitrogen and oxygen atoms in total. The summed E-state index contributed by atoms with van der Waals surface area (Å²) in [5, 5.41) is 5.66. The summed E-state index contributed by atoms with van der Waals surface area (Å²) in [6, 6.07) is 17.3. The smallest absolute Gasteiger partial charge is 0.240 e. The molecule has 26 heavy (non-hydrogen) atoms. The molecule has 2 aromatic rings. The van der Waals surface area contributed by atoms with Gasteiger partial charge in [-0.3, -0.25) is 20.4 Å². The number of thiocarbonyl (C=S) groups is 1. The van der Waals surface area contributed by atoms with E-state index in [2.05, 4.69) is 21.5 Å². The lowest BCUT2D eigenvalue weighted by molar-refractivity contribution is -0.124. The maximum absolute atomic E-state index is 12.1. The number of carbonyl (C=O) groups excluding carboxylic acids is 2. The van der Waals surface area contributed by atoms with Gasteiger partial charge < -0.3 is 10.6 Å². The van der Waals surface area contributed by atoms with E-state index in [1.807, 2.05) is 54.6 Å². The number of hydrogen-bond acceptors (Lipinski definition) is 4. The molecule has 8 heteroatoms. The summed E-state index contributed by atoms with van der Waals surface area (Å²) in [7, 11) is 0. The van der Waals surface area contributed by atoms with Crippen LogP contribution in [-0.2, 0) is 16.1 Å². The van der Waals surface area contributed by atoms with E-state index in [1.165, 1.54) is 11.8 Å². The minimum atomic E-state index is -0.474. The Balaban J connectivity index is 1.43. The molecule has 0 saturated carbocycles. The molecule has 2 aromatic carbocycles. The van der Waals surface area contributed by atoms with E-state index < -0.39 is 5.25 Å². The molecule has 3 rings (SSSR count). The van der Waals surface area contributed by atoms with Crippen LogP contribution in [0.3, 0.4) is 0 Å². The molecule has 1 aliphatic heterocycles. The Bertz CT molecular complexity index is 814. The Labute approximate surface area is 161 Å². The number of nitrogens with one attached hydrogen (secondary N) is 4. The summed E-state index contributed by atoms with van der Waals surface area (Å²) in [5.74, 6) is -0.477. The molecule has 4 N–H and O–H groups in total. The highest BCUT2D eigenvalue weighted by atomic mass is 32.2. The molecule has 1 atom stereocenters. The molecule has 0 fully saturated rings. The van der Waals surface area contributed by atoms with Crippen molar-refractivity contribution in [3.63, 3.8) is 0 Å². The van der Waals surface area contributed by atoms with E-state index in [0.29, 0.717) is 11.7 Å². The number of rotatable bonds is 4. The Morgan fingerprint density at radius 2 is 1.81 bits per heavy atom. The highest BCUT2D eigenvalue weighted by Gasteiger charge is 2.28. The Hall–Kier alpha value is -2.58. The molecule has 0 radical (unpaired) electrons. The maximum Gasteiger partial charge on any atom is 0.240 e. The first-order valence-electron chi connectivity index (χ1n) is 8.05. The minimum absolute atomic E-state index is 0.0547. The molecular weight excluding hydrogens is 368 g/mol. The molecule has 0 aromatic heterocycles. The first-order valence-corrected chi connectivity index (χ1v) is 9.34. The first kappa shape index (κ1) is 18.2. The van der Waals surface area contributed by atoms with Crippen molar-refractivity contribution in [1.82, 2.24) is 16.2 Å². The number of benzene rings is 2. The predicted molar refractivity (Wildman–Crippen MR) is 106 cm³/mol. The highest BCUT2D eigenvalue weighted by molar-refractivity contribution is 8.01. The normalized spacial score (nSPS) is 15.4. The van der Waals surface area contributed by atoms with Crippen molar-refractivity contribution in [2.45, 2.75) is 23.1 Å². The van der Waals surface area contributed by atoms with Gasteiger partial charge in [-0.1, -0.05) is 42.5 Å². The van der Waals surface area contributed by atoms with Crippen molar-refractivity contribution in [1.29, 1.82) is 0 Å². The van der Waals surface area contributed by atoms with E-state index in [1.54, 1.807) is 0 Å². The van der Waals surface area contributed by atoms with Crippen LogP contribution in [-0.4, -0.2) is 22.2 Å². The van der Waals surface area contributed by atoms with Crippen LogP contribution >= 0.6 is 24.0 Å². The van der Waals surface area contributed by atoms with Crippen LogP contribution in [0.1, 0.15) is 12.0 Å². The molecule has 0 spiro atoms. The third kappa shape index (κ3) is 4.96. The zero-order chi connectivity index (χ0) is 18.4. The van der Waals surface area contributed by atoms with Crippen LogP contribution in [0.15, 0.2) is 59.5 Å². The van der Waals surface area contributed by atoms with Crippen molar-refractivity contribution >= 4 is 46.6 Å². The maximum atomic E-state index is 12.1. The van der Waals surface area contributed by atoms with Crippen LogP contribution in [0.5, 0.6) is 0 Å². The number of hydrazine groups is 1. The standard InChI is InChI=1S/C18H18N4O2S2/c23-16(21-22-18(25)19-11-12-6-2-1-3-7-12)10-15-17(24)20-13-8-4-5-9-14(13)26-15/h1-9,15H,10-11H2,(H,20,24)(H,21,23)(H2,19,22,25). The molecule has 1 heterocycles. The Morgan fingerprint density at radius 1 is 1.08 bits per heavy atom. The molecule has 134 valence electrons. The molecule has 2 amide bonds. The van der Waals surface area contributed by atoms with Gasteiger partial charge in [0.15, 0.2) is 5.11 Å². The van der Waals surface area contributed by atoms with Gasteiger partial charge in [-0.05, 0) is 29.9 Å². The SMILES string of the molecule is O=C(CC1Sc2ccccc2NC1=O)NNC(=S)NCc1ccccc1. The van der Waals surface area contributed by atoms with Gasteiger partial charge >= 0.3 is 0 Å². The van der Waals surface area contributed by atoms with Crippen molar-refractivity contribution in [2.75, 3.05) is 5.32 Å². The van der Waals surface area contributed by atoms with Crippen LogP contribution in [0.4, 0.5) is 5.69 Å². The fraction of sp³-hybridized carbons (Fsp3) is 0.167. The van der Waals surface area contributed by atoms with E-state index in [0.717, 1.165) is 16.1 Å². The lowest BCUT2D eigenvalue weighted by Gasteiger charge is -2.23. The summed E-state index contributed by atoms with van der Waals surface area (Å²) in [4.78, 5) is 25.2. The lowest BCUT2D eigenvalue weighted by atomic mass is 10.2. The number of thioether (sulfide) groups is 1. The van der Waals surface area contributed by atoms with Crippen LogP contribution < -0.4 is 21.5 Å². The van der Waals surface area contributed by atoms with Gasteiger partial charge in [0.05, 0.1) is 10.9 Å². The number of fused-ring (bicyclic) bond motifs is 1. The molecular formula is C18H18N4O2S2. The molecule has 0 saturated heterocycles. The largest absolute Gasteiger partial charge is 0.357 e. The van der Waals surface area contributed by atoms with Crippen LogP contribution in [0.2, 0.25) is 0 Å². The zero-order valence-corrected chi connectivity index (χ0v) is 15.5. The number of amides is 2. The fourth-order valence-electron chi connectivity index (χ4n) is 2.40. The average molecular weight is 387 g/mol. The minimum Gasteiger partial charge on any atom is -0.357 e. The van der Waals surface area contributed by atoms with Crippen molar-refractivity contribution in [3.8, 4) is 0 Å². The number of hydrogen-bond donors (Lipinski definition) is 4. The van der Waals surface area contributed by atoms with Gasteiger partial charge in [0.25, 0.3) is 0 Å². The summed E-state index contributed by atoms with van der Waals surface area (Å²) in [6.07, 6.45) is 0.0547. The highest BCUT2D eigenvalue weighted by Crippen LogP contribution is 2.36. The third-order valence-corrected chi connectivity index (χ3v) is 5.21. The average Bonchev–Trinajstić information content (AvgIpc) is 2.66. The number of anilines is 1. The van der Waals surface area contributed by atoms with Crippen molar-refractivity contribution in [3.05, 3.63) is 60.2 Å². The van der Waals surface area contributed by atoms with E-state index >= 15 is 0 Å². The second kappa shape index (κ2) is 8.68. The summed E-state index contributed by atoms with van der Waals surface area (Å²) in [5.41, 5.74) is 7.04. The van der Waals surface area contributed by atoms with Gasteiger partial charge in [0.2, 0.25) is 11.8 Å². The van der Waals surface area contributed by atoms with Gasteiger partial charge in [-0.25, -0.2) is 0 Å². The number of para-hydroxylation sites is 1. The van der Waals surface area contributed by atoms with Crippen LogP contribution in [0, 0.1) is 0 Å². The second-order valence-electron chi connectivity index (χ2n) is 5.64. The van der Waals surface area contributed by atoms with E-state index in [9.17, 15) is 9.59 Å². The topological polar surface area (TPSA) is 82.3 Å². The van der Waals surface area contributed by atoms with Crippen molar-refractivity contribution in [2.24, 2.45) is 0 Å². The zero-order valence-electron chi connectivity index (χ0n) is 13.8. The van der Waals surface area contributed by atoms with E-state index in [4.69, 9.17) is 12.2 Å². The molecule has 0 aliphatic carbocycles. The van der Waals surface area contributed by atoms with Gasteiger partial charge in [-0.15, -0.1) is 11.8 Å². The van der Waals surface area contributed by atoms with Gasteiger partial charge in [-0.2, -0.15) is 0 Å². The quantitative estimate of drug-likeness (QED) is 0.476. The predicted octanol–water partition coefficient (Wildman–Crippen LogP) is 2.18. The van der Waals surface area contributed by atoms with Crippen molar-refractivity contribution < 1.29 is 9.59 Å². The van der Waals surface area contributed by atoms with E-state index in [-0.39, 0.29) is 18.2 Å². The first-order chi connectivity index (χ1) is 12.6. The molecule has 1 unspecified atom stereocenters. The summed E-state index contributed by atoms with van der Waals surface area (Å²) in [6.45, 7) is 0.556.